The first-order chi connectivity index (χ1) is 6.44. The van der Waals surface area contributed by atoms with E-state index in [0.717, 1.165) is 25.7 Å². The van der Waals surface area contributed by atoms with E-state index in [1.54, 1.807) is 0 Å². The number of carboxylic acids is 1. The lowest BCUT2D eigenvalue weighted by atomic mass is 9.59. The van der Waals surface area contributed by atoms with E-state index >= 15 is 0 Å². The molecule has 0 saturated heterocycles. The number of carboxylic acid groups (broad SMARTS) is 1. The van der Waals surface area contributed by atoms with E-state index in [2.05, 4.69) is 20.8 Å². The Bertz CT molecular complexity index is 194. The van der Waals surface area contributed by atoms with Gasteiger partial charge in [0.05, 0.1) is 5.41 Å². The Morgan fingerprint density at radius 1 is 1.00 bits per heavy atom. The summed E-state index contributed by atoms with van der Waals surface area (Å²) in [5.41, 5.74) is -0.626. The van der Waals surface area contributed by atoms with Crippen LogP contribution in [-0.4, -0.2) is 11.1 Å². The molecule has 0 saturated carbocycles. The van der Waals surface area contributed by atoms with Gasteiger partial charge in [-0.2, -0.15) is 9.90 Å². The SMILES string of the molecule is CCC(C)(CC)C(CC)(CC)C(=O)O.P. The molecule has 0 rings (SSSR count). The fourth-order valence-corrected chi connectivity index (χ4v) is 2.59. The van der Waals surface area contributed by atoms with Crippen molar-refractivity contribution in [3.8, 4) is 0 Å². The maximum Gasteiger partial charge on any atom is 0.310 e. The predicted molar refractivity (Wildman–Crippen MR) is 70.4 cm³/mol. The first-order valence-electron chi connectivity index (χ1n) is 5.67. The van der Waals surface area contributed by atoms with E-state index in [4.69, 9.17) is 0 Å². The largest absolute Gasteiger partial charge is 0.481 e. The monoisotopic (exact) mass is 234 g/mol. The van der Waals surface area contributed by atoms with Gasteiger partial charge < -0.3 is 5.11 Å². The van der Waals surface area contributed by atoms with Crippen LogP contribution in [0.25, 0.3) is 0 Å². The number of carbonyl (C=O) groups is 1. The quantitative estimate of drug-likeness (QED) is 0.710. The van der Waals surface area contributed by atoms with Gasteiger partial charge in [0.15, 0.2) is 0 Å². The van der Waals surface area contributed by atoms with Crippen LogP contribution < -0.4 is 0 Å². The van der Waals surface area contributed by atoms with Crippen molar-refractivity contribution < 1.29 is 9.90 Å². The third kappa shape index (κ3) is 2.72. The molecule has 15 heavy (non-hydrogen) atoms. The van der Waals surface area contributed by atoms with Gasteiger partial charge in [0.2, 0.25) is 0 Å². The van der Waals surface area contributed by atoms with Crippen molar-refractivity contribution in [3.05, 3.63) is 0 Å². The summed E-state index contributed by atoms with van der Waals surface area (Å²) in [6.45, 7) is 10.3. The summed E-state index contributed by atoms with van der Waals surface area (Å²) >= 11 is 0. The smallest absolute Gasteiger partial charge is 0.310 e. The van der Waals surface area contributed by atoms with Crippen molar-refractivity contribution in [1.29, 1.82) is 0 Å². The summed E-state index contributed by atoms with van der Waals surface area (Å²) < 4.78 is 0. The molecule has 0 heterocycles. The Hall–Kier alpha value is -0.100. The molecule has 0 radical (unpaired) electrons. The van der Waals surface area contributed by atoms with Crippen LogP contribution in [0, 0.1) is 10.8 Å². The zero-order valence-corrected chi connectivity index (χ0v) is 12.3. The maximum atomic E-state index is 11.4. The van der Waals surface area contributed by atoms with Crippen molar-refractivity contribution in [3.63, 3.8) is 0 Å². The first-order valence-corrected chi connectivity index (χ1v) is 5.67. The molecule has 1 N–H and O–H groups in total. The molecular weight excluding hydrogens is 207 g/mol. The Kier molecular flexibility index (Phi) is 7.47. The molecule has 92 valence electrons. The molecule has 0 fully saturated rings. The van der Waals surface area contributed by atoms with Crippen molar-refractivity contribution >= 4 is 15.9 Å². The van der Waals surface area contributed by atoms with Gasteiger partial charge in [-0.15, -0.1) is 0 Å². The lowest BCUT2D eigenvalue weighted by Crippen LogP contribution is -2.45. The van der Waals surface area contributed by atoms with Crippen molar-refractivity contribution in [2.24, 2.45) is 10.8 Å². The van der Waals surface area contributed by atoms with Gasteiger partial charge in [-0.25, -0.2) is 0 Å². The molecule has 1 unspecified atom stereocenters. The lowest BCUT2D eigenvalue weighted by Gasteiger charge is -2.44. The van der Waals surface area contributed by atoms with E-state index in [1.165, 1.54) is 0 Å². The van der Waals surface area contributed by atoms with Crippen LogP contribution in [0.15, 0.2) is 0 Å². The van der Waals surface area contributed by atoms with Crippen LogP contribution in [0.4, 0.5) is 0 Å². The van der Waals surface area contributed by atoms with Gasteiger partial charge in [-0.1, -0.05) is 34.6 Å². The van der Waals surface area contributed by atoms with E-state index in [-0.39, 0.29) is 15.3 Å². The molecule has 0 aliphatic rings. The van der Waals surface area contributed by atoms with Crippen molar-refractivity contribution in [1.82, 2.24) is 0 Å². The number of hydrogen-bond donors (Lipinski definition) is 1. The molecule has 0 bridgehead atoms. The molecule has 0 aromatic carbocycles. The molecular formula is C12H27O2P. The number of aliphatic carboxylic acids is 1. The van der Waals surface area contributed by atoms with Gasteiger partial charge >= 0.3 is 5.97 Å². The van der Waals surface area contributed by atoms with Crippen LogP contribution in [-0.2, 0) is 4.79 Å². The van der Waals surface area contributed by atoms with Gasteiger partial charge in [0, 0.05) is 0 Å². The normalized spacial score (nSPS) is 12.1. The summed E-state index contributed by atoms with van der Waals surface area (Å²) in [6, 6.07) is 0. The van der Waals surface area contributed by atoms with Crippen LogP contribution in [0.2, 0.25) is 0 Å². The van der Waals surface area contributed by atoms with Crippen LogP contribution in [0.5, 0.6) is 0 Å². The summed E-state index contributed by atoms with van der Waals surface area (Å²) in [5, 5.41) is 9.42. The summed E-state index contributed by atoms with van der Waals surface area (Å²) in [6.07, 6.45) is 3.29. The topological polar surface area (TPSA) is 37.3 Å². The second-order valence-corrected chi connectivity index (χ2v) is 4.36. The van der Waals surface area contributed by atoms with Crippen LogP contribution in [0.1, 0.15) is 60.3 Å². The Labute approximate surface area is 97.5 Å². The molecule has 1 atom stereocenters. The Balaban J connectivity index is 0. The molecule has 0 amide bonds. The molecule has 0 aliphatic heterocycles. The third-order valence-electron chi connectivity index (χ3n) is 4.33. The molecule has 0 spiro atoms. The zero-order chi connectivity index (χ0) is 11.4. The Morgan fingerprint density at radius 2 is 1.33 bits per heavy atom. The van der Waals surface area contributed by atoms with Gasteiger partial charge in [0.1, 0.15) is 0 Å². The Morgan fingerprint density at radius 3 is 1.40 bits per heavy atom. The minimum Gasteiger partial charge on any atom is -0.481 e. The molecule has 2 nitrogen and oxygen atoms in total. The van der Waals surface area contributed by atoms with Crippen molar-refractivity contribution in [2.45, 2.75) is 60.3 Å². The average molecular weight is 234 g/mol. The van der Waals surface area contributed by atoms with Crippen LogP contribution >= 0.6 is 9.90 Å². The van der Waals surface area contributed by atoms with Crippen molar-refractivity contribution in [2.75, 3.05) is 0 Å². The lowest BCUT2D eigenvalue weighted by molar-refractivity contribution is -0.159. The highest BCUT2D eigenvalue weighted by Gasteiger charge is 2.49. The molecule has 3 heteroatoms. The predicted octanol–water partition coefficient (Wildman–Crippen LogP) is 3.76. The number of rotatable bonds is 6. The van der Waals surface area contributed by atoms with E-state index in [0.29, 0.717) is 0 Å². The average Bonchev–Trinajstić information content (AvgIpc) is 2.19. The van der Waals surface area contributed by atoms with Gasteiger partial charge in [0.25, 0.3) is 0 Å². The highest BCUT2D eigenvalue weighted by molar-refractivity contribution is 6.92. The first kappa shape index (κ1) is 17.3. The molecule has 0 aromatic rings. The second kappa shape index (κ2) is 6.48. The summed E-state index contributed by atoms with van der Waals surface area (Å²) in [7, 11) is 0. The van der Waals surface area contributed by atoms with Crippen LogP contribution in [0.3, 0.4) is 0 Å². The fourth-order valence-electron chi connectivity index (χ4n) is 2.59. The molecule has 0 aliphatic carbocycles. The minimum absolute atomic E-state index is 0. The highest BCUT2D eigenvalue weighted by Crippen LogP contribution is 2.49. The maximum absolute atomic E-state index is 11.4. The van der Waals surface area contributed by atoms with E-state index < -0.39 is 11.4 Å². The number of hydrogen-bond acceptors (Lipinski definition) is 1. The van der Waals surface area contributed by atoms with Gasteiger partial charge in [-0.05, 0) is 31.1 Å². The summed E-state index contributed by atoms with van der Waals surface area (Å²) in [5.74, 6) is -0.631. The summed E-state index contributed by atoms with van der Waals surface area (Å²) in [4.78, 5) is 11.4. The fraction of sp³-hybridized carbons (Fsp3) is 0.917. The van der Waals surface area contributed by atoms with E-state index in [9.17, 15) is 9.90 Å². The molecule has 0 aromatic heterocycles. The van der Waals surface area contributed by atoms with E-state index in [1.807, 2.05) is 13.8 Å². The zero-order valence-electron chi connectivity index (χ0n) is 10.9. The minimum atomic E-state index is -0.631. The standard InChI is InChI=1S/C12H24O2.H3P/c1-6-11(5,7-2)12(8-3,9-4)10(13)14;/h6-9H2,1-5H3,(H,13,14);1H3. The highest BCUT2D eigenvalue weighted by atomic mass is 31.0. The third-order valence-corrected chi connectivity index (χ3v) is 4.33. The van der Waals surface area contributed by atoms with Gasteiger partial charge in [-0.3, -0.25) is 4.79 Å². The second-order valence-electron chi connectivity index (χ2n) is 4.36.